The lowest BCUT2D eigenvalue weighted by Crippen LogP contribution is -2.25. The van der Waals surface area contributed by atoms with Crippen LogP contribution >= 0.6 is 0 Å². The monoisotopic (exact) mass is 335 g/mol. The maximum absolute atomic E-state index is 12.3. The molecule has 3 aromatic rings. The quantitative estimate of drug-likeness (QED) is 0.711. The molecular formula is C17H17N7O. The summed E-state index contributed by atoms with van der Waals surface area (Å²) in [6, 6.07) is 5.96. The topological polar surface area (TPSA) is 103 Å². The number of amides is 1. The van der Waals surface area contributed by atoms with E-state index in [-0.39, 0.29) is 11.8 Å². The number of likely N-dealkylation sites (tertiary alicyclic amines) is 1. The Kier molecular flexibility index (Phi) is 3.61. The van der Waals surface area contributed by atoms with Gasteiger partial charge in [0.2, 0.25) is 5.91 Å². The molecule has 0 radical (unpaired) electrons. The number of H-pyrrole nitrogens is 1. The number of anilines is 1. The number of aryl methyl sites for hydroxylation is 1. The predicted molar refractivity (Wildman–Crippen MR) is 91.9 cm³/mol. The molecule has 25 heavy (non-hydrogen) atoms. The van der Waals surface area contributed by atoms with Gasteiger partial charge in [-0.15, -0.1) is 0 Å². The van der Waals surface area contributed by atoms with Gasteiger partial charge in [-0.25, -0.2) is 4.98 Å². The van der Waals surface area contributed by atoms with E-state index >= 15 is 0 Å². The van der Waals surface area contributed by atoms with Gasteiger partial charge in [0, 0.05) is 29.9 Å². The Morgan fingerprint density at radius 3 is 3.16 bits per heavy atom. The molecule has 0 spiro atoms. The maximum atomic E-state index is 12.3. The smallest absolute Gasteiger partial charge is 0.230 e. The van der Waals surface area contributed by atoms with Crippen LogP contribution in [0.4, 0.5) is 5.82 Å². The zero-order valence-electron chi connectivity index (χ0n) is 13.7. The average molecular weight is 335 g/mol. The van der Waals surface area contributed by atoms with E-state index in [2.05, 4.69) is 26.7 Å². The highest BCUT2D eigenvalue weighted by molar-refractivity contribution is 5.92. The van der Waals surface area contributed by atoms with Crippen LogP contribution in [-0.2, 0) is 4.79 Å². The summed E-state index contributed by atoms with van der Waals surface area (Å²) in [5.74, 6) is 0.230. The molecule has 1 fully saturated rings. The fourth-order valence-electron chi connectivity index (χ4n) is 3.12. The number of hydrogen-bond acceptors (Lipinski definition) is 5. The molecule has 1 amide bonds. The van der Waals surface area contributed by atoms with Crippen LogP contribution < -0.4 is 5.32 Å². The first-order valence-electron chi connectivity index (χ1n) is 8.08. The van der Waals surface area contributed by atoms with Gasteiger partial charge in [0.05, 0.1) is 17.6 Å². The van der Waals surface area contributed by atoms with E-state index in [1.54, 1.807) is 17.4 Å². The van der Waals surface area contributed by atoms with Crippen molar-refractivity contribution < 1.29 is 4.79 Å². The van der Waals surface area contributed by atoms with E-state index in [1.807, 2.05) is 29.7 Å². The molecular weight excluding hydrogens is 318 g/mol. The Morgan fingerprint density at radius 2 is 2.36 bits per heavy atom. The first-order valence-corrected chi connectivity index (χ1v) is 8.08. The van der Waals surface area contributed by atoms with E-state index in [4.69, 9.17) is 5.26 Å². The van der Waals surface area contributed by atoms with Crippen molar-refractivity contribution in [3.8, 4) is 11.9 Å². The largest absolute Gasteiger partial charge is 0.310 e. The zero-order chi connectivity index (χ0) is 17.4. The lowest BCUT2D eigenvalue weighted by atomic mass is 10.1. The van der Waals surface area contributed by atoms with Crippen molar-refractivity contribution in [1.82, 2.24) is 24.6 Å². The Balaban J connectivity index is 1.49. The number of nitrogens with one attached hydrogen (secondary N) is 2. The van der Waals surface area contributed by atoms with Gasteiger partial charge < -0.3 is 14.8 Å². The van der Waals surface area contributed by atoms with E-state index in [0.717, 1.165) is 22.3 Å². The van der Waals surface area contributed by atoms with Crippen LogP contribution in [-0.4, -0.2) is 43.6 Å². The molecule has 0 unspecified atom stereocenters. The van der Waals surface area contributed by atoms with Crippen molar-refractivity contribution in [3.05, 3.63) is 36.4 Å². The number of carbonyl (C=O) groups is 1. The van der Waals surface area contributed by atoms with E-state index in [1.165, 1.54) is 0 Å². The van der Waals surface area contributed by atoms with Crippen LogP contribution in [0.15, 0.2) is 30.7 Å². The predicted octanol–water partition coefficient (Wildman–Crippen LogP) is 1.80. The second-order valence-electron chi connectivity index (χ2n) is 6.24. The van der Waals surface area contributed by atoms with Gasteiger partial charge in [-0.3, -0.25) is 9.89 Å². The molecule has 0 bridgehead atoms. The molecule has 2 aromatic heterocycles. The molecule has 126 valence electrons. The van der Waals surface area contributed by atoms with Crippen LogP contribution in [0.25, 0.3) is 16.6 Å². The Morgan fingerprint density at radius 1 is 1.48 bits per heavy atom. The molecule has 8 heteroatoms. The van der Waals surface area contributed by atoms with E-state index in [0.29, 0.717) is 25.3 Å². The molecule has 8 nitrogen and oxygen atoms in total. The van der Waals surface area contributed by atoms with Crippen molar-refractivity contribution in [2.75, 3.05) is 18.4 Å². The summed E-state index contributed by atoms with van der Waals surface area (Å²) >= 11 is 0. The number of aromatic nitrogens is 4. The van der Waals surface area contributed by atoms with Gasteiger partial charge in [0.1, 0.15) is 6.33 Å². The minimum absolute atomic E-state index is 0.0959. The highest BCUT2D eigenvalue weighted by atomic mass is 16.2. The third-order valence-electron chi connectivity index (χ3n) is 4.56. The fourth-order valence-corrected chi connectivity index (χ4v) is 3.12. The standard InChI is InChI=1S/C17H17N7O/c1-11-14-3-2-13(6-15(14)22-21-11)24-8-16(19-10-24)20-17(25)12-4-5-23(7-12)9-18/h2-3,6,8,10,12H,4-5,7H2,1H3,(H,20,25)(H,21,22)/t12-/m0/s1. The minimum Gasteiger partial charge on any atom is -0.310 e. The summed E-state index contributed by atoms with van der Waals surface area (Å²) in [7, 11) is 0. The molecule has 2 N–H and O–H groups in total. The Hall–Kier alpha value is -3.34. The number of carbonyl (C=O) groups excluding carboxylic acids is 1. The molecule has 1 atom stereocenters. The first-order chi connectivity index (χ1) is 12.1. The molecule has 4 rings (SSSR count). The lowest BCUT2D eigenvalue weighted by Gasteiger charge is -2.08. The third kappa shape index (κ3) is 2.80. The van der Waals surface area contributed by atoms with Crippen molar-refractivity contribution in [2.45, 2.75) is 13.3 Å². The summed E-state index contributed by atoms with van der Waals surface area (Å²) < 4.78 is 1.84. The molecule has 1 aliphatic heterocycles. The second kappa shape index (κ2) is 5.94. The number of benzene rings is 1. The lowest BCUT2D eigenvalue weighted by molar-refractivity contribution is -0.119. The van der Waals surface area contributed by atoms with Gasteiger partial charge in [0.25, 0.3) is 0 Å². The van der Waals surface area contributed by atoms with Crippen molar-refractivity contribution in [2.24, 2.45) is 5.92 Å². The van der Waals surface area contributed by atoms with E-state index < -0.39 is 0 Å². The SMILES string of the molecule is Cc1[nH]nc2cc(-n3cnc(NC(=O)[C@H]4CCN(C#N)C4)c3)ccc12. The minimum atomic E-state index is -0.173. The summed E-state index contributed by atoms with van der Waals surface area (Å²) in [5.41, 5.74) is 2.84. The van der Waals surface area contributed by atoms with Crippen LogP contribution in [0.3, 0.4) is 0 Å². The number of aromatic amines is 1. The number of fused-ring (bicyclic) bond motifs is 1. The van der Waals surface area contributed by atoms with Gasteiger partial charge in [-0.05, 0) is 31.5 Å². The molecule has 1 saturated heterocycles. The van der Waals surface area contributed by atoms with Crippen LogP contribution in [0.2, 0.25) is 0 Å². The number of nitriles is 1. The number of rotatable bonds is 3. The van der Waals surface area contributed by atoms with Crippen molar-refractivity contribution in [1.29, 1.82) is 5.26 Å². The second-order valence-corrected chi connectivity index (χ2v) is 6.24. The first kappa shape index (κ1) is 15.2. The maximum Gasteiger partial charge on any atom is 0.230 e. The van der Waals surface area contributed by atoms with Gasteiger partial charge in [-0.2, -0.15) is 10.4 Å². The number of imidazole rings is 1. The zero-order valence-corrected chi connectivity index (χ0v) is 13.7. The van der Waals surface area contributed by atoms with Gasteiger partial charge in [-0.1, -0.05) is 0 Å². The molecule has 0 aliphatic carbocycles. The van der Waals surface area contributed by atoms with E-state index in [9.17, 15) is 4.79 Å². The summed E-state index contributed by atoms with van der Waals surface area (Å²) in [6.45, 7) is 3.08. The summed E-state index contributed by atoms with van der Waals surface area (Å²) in [5, 5.41) is 20.0. The third-order valence-corrected chi connectivity index (χ3v) is 4.56. The van der Waals surface area contributed by atoms with Gasteiger partial charge in [0.15, 0.2) is 12.0 Å². The van der Waals surface area contributed by atoms with Crippen LogP contribution in [0.1, 0.15) is 12.1 Å². The van der Waals surface area contributed by atoms with Crippen molar-refractivity contribution in [3.63, 3.8) is 0 Å². The van der Waals surface area contributed by atoms with Crippen molar-refractivity contribution >= 4 is 22.6 Å². The fraction of sp³-hybridized carbons (Fsp3) is 0.294. The number of nitrogens with zero attached hydrogens (tertiary/aromatic N) is 5. The normalized spacial score (nSPS) is 17.0. The molecule has 1 aliphatic rings. The Bertz CT molecular complexity index is 980. The van der Waals surface area contributed by atoms with Gasteiger partial charge >= 0.3 is 0 Å². The Labute approximate surface area is 144 Å². The highest BCUT2D eigenvalue weighted by Gasteiger charge is 2.28. The number of hydrogen-bond donors (Lipinski definition) is 2. The highest BCUT2D eigenvalue weighted by Crippen LogP contribution is 2.21. The summed E-state index contributed by atoms with van der Waals surface area (Å²) in [6.07, 6.45) is 6.20. The molecule has 1 aromatic carbocycles. The van der Waals surface area contributed by atoms with Crippen LogP contribution in [0.5, 0.6) is 0 Å². The molecule has 0 saturated carbocycles. The summed E-state index contributed by atoms with van der Waals surface area (Å²) in [4.78, 5) is 18.1. The average Bonchev–Trinajstić information content (AvgIpc) is 3.34. The molecule has 3 heterocycles. The van der Waals surface area contributed by atoms with Crippen LogP contribution in [0, 0.1) is 24.3 Å².